The monoisotopic (exact) mass is 399 g/mol. The number of phenols is 1. The molecule has 0 bridgehead atoms. The van der Waals surface area contributed by atoms with Crippen molar-refractivity contribution in [2.75, 3.05) is 12.0 Å². The summed E-state index contributed by atoms with van der Waals surface area (Å²) in [6, 6.07) is 13.2. The number of anilines is 1. The number of aliphatic carboxylic acids is 1. The molecule has 3 rings (SSSR count). The first-order valence-corrected chi connectivity index (χ1v) is 9.12. The largest absolute Gasteiger partial charge is 0.508 e. The zero-order valence-electron chi connectivity index (χ0n) is 14.8. The summed E-state index contributed by atoms with van der Waals surface area (Å²) in [5, 5.41) is 26.1. The van der Waals surface area contributed by atoms with Gasteiger partial charge < -0.3 is 14.9 Å². The lowest BCUT2D eigenvalue weighted by atomic mass is 10.2. The number of amidine groups is 1. The number of benzene rings is 2. The van der Waals surface area contributed by atoms with Crippen molar-refractivity contribution in [1.82, 2.24) is 0 Å². The van der Waals surface area contributed by atoms with Gasteiger partial charge in [0.05, 0.1) is 25.4 Å². The molecule has 1 aliphatic heterocycles. The van der Waals surface area contributed by atoms with Crippen molar-refractivity contribution in [2.24, 2.45) is 10.2 Å². The van der Waals surface area contributed by atoms with E-state index in [1.807, 2.05) is 0 Å². The molecule has 1 aliphatic rings. The highest BCUT2D eigenvalue weighted by atomic mass is 32.2. The SMILES string of the molecule is COc1ccc(/C=N\N=C2\S[C@H](CC(=O)O)C(=O)N2c2ccc(O)cc2)cc1. The molecule has 2 aromatic rings. The van der Waals surface area contributed by atoms with Gasteiger partial charge in [-0.05, 0) is 54.1 Å². The maximum Gasteiger partial charge on any atom is 0.305 e. The zero-order chi connectivity index (χ0) is 20.1. The molecule has 0 aromatic heterocycles. The summed E-state index contributed by atoms with van der Waals surface area (Å²) < 4.78 is 5.10. The Hall–Kier alpha value is -3.33. The second kappa shape index (κ2) is 8.57. The predicted molar refractivity (Wildman–Crippen MR) is 107 cm³/mol. The Morgan fingerprint density at radius 1 is 1.21 bits per heavy atom. The van der Waals surface area contributed by atoms with Crippen molar-refractivity contribution >= 4 is 40.7 Å². The zero-order valence-corrected chi connectivity index (χ0v) is 15.7. The number of ether oxygens (including phenoxy) is 1. The number of carbonyl (C=O) groups is 2. The Balaban J connectivity index is 1.86. The molecule has 144 valence electrons. The lowest BCUT2D eigenvalue weighted by Gasteiger charge is -2.15. The average molecular weight is 399 g/mol. The first-order valence-electron chi connectivity index (χ1n) is 8.24. The van der Waals surface area contributed by atoms with Crippen molar-refractivity contribution in [3.05, 3.63) is 54.1 Å². The quantitative estimate of drug-likeness (QED) is 0.571. The molecule has 8 nitrogen and oxygen atoms in total. The summed E-state index contributed by atoms with van der Waals surface area (Å²) >= 11 is 1.04. The molecule has 1 saturated heterocycles. The van der Waals surface area contributed by atoms with E-state index >= 15 is 0 Å². The third kappa shape index (κ3) is 4.49. The van der Waals surface area contributed by atoms with E-state index < -0.39 is 17.1 Å². The maximum absolute atomic E-state index is 12.7. The smallest absolute Gasteiger partial charge is 0.305 e. The van der Waals surface area contributed by atoms with Crippen LogP contribution in [0.1, 0.15) is 12.0 Å². The molecule has 0 unspecified atom stereocenters. The van der Waals surface area contributed by atoms with E-state index in [0.717, 1.165) is 23.1 Å². The predicted octanol–water partition coefficient (Wildman–Crippen LogP) is 2.71. The Kier molecular flexibility index (Phi) is 5.95. The number of nitrogens with zero attached hydrogens (tertiary/aromatic N) is 3. The minimum absolute atomic E-state index is 0.0566. The van der Waals surface area contributed by atoms with Crippen LogP contribution in [-0.4, -0.2) is 45.8 Å². The van der Waals surface area contributed by atoms with E-state index in [9.17, 15) is 14.7 Å². The van der Waals surface area contributed by atoms with Crippen LogP contribution in [0.4, 0.5) is 5.69 Å². The van der Waals surface area contributed by atoms with Crippen molar-refractivity contribution in [3.63, 3.8) is 0 Å². The molecule has 2 aromatic carbocycles. The second-order valence-electron chi connectivity index (χ2n) is 5.79. The number of aromatic hydroxyl groups is 1. The van der Waals surface area contributed by atoms with Gasteiger partial charge in [-0.25, -0.2) is 0 Å². The van der Waals surface area contributed by atoms with Crippen LogP contribution >= 0.6 is 11.8 Å². The Morgan fingerprint density at radius 2 is 1.89 bits per heavy atom. The van der Waals surface area contributed by atoms with E-state index in [2.05, 4.69) is 10.2 Å². The van der Waals surface area contributed by atoms with Crippen LogP contribution in [0.2, 0.25) is 0 Å². The van der Waals surface area contributed by atoms with Crippen LogP contribution in [0.25, 0.3) is 0 Å². The Bertz CT molecular complexity index is 926. The fraction of sp³-hybridized carbons (Fsp3) is 0.158. The van der Waals surface area contributed by atoms with Gasteiger partial charge in [-0.1, -0.05) is 11.8 Å². The molecule has 1 fully saturated rings. The minimum atomic E-state index is -1.07. The van der Waals surface area contributed by atoms with Gasteiger partial charge in [0.15, 0.2) is 5.17 Å². The normalized spacial score (nSPS) is 18.2. The fourth-order valence-corrected chi connectivity index (χ4v) is 3.58. The lowest BCUT2D eigenvalue weighted by molar-refractivity contribution is -0.138. The first kappa shape index (κ1) is 19.4. The van der Waals surface area contributed by atoms with Crippen LogP contribution in [-0.2, 0) is 9.59 Å². The summed E-state index contributed by atoms with van der Waals surface area (Å²) in [6.45, 7) is 0. The number of carboxylic acid groups (broad SMARTS) is 1. The molecule has 2 N–H and O–H groups in total. The Labute approximate surface area is 165 Å². The van der Waals surface area contributed by atoms with Crippen molar-refractivity contribution in [2.45, 2.75) is 11.7 Å². The standard InChI is InChI=1S/C19H17N3O5S/c1-27-15-8-2-12(3-9-15)11-20-21-19-22(13-4-6-14(23)7-5-13)18(26)16(28-19)10-17(24)25/h2-9,11,16,23H,10H2,1H3,(H,24,25)/b20-11-,21-19+/t16-/m1/s1. The second-order valence-corrected chi connectivity index (χ2v) is 6.96. The third-order valence-electron chi connectivity index (χ3n) is 3.87. The summed E-state index contributed by atoms with van der Waals surface area (Å²) in [7, 11) is 1.58. The summed E-state index contributed by atoms with van der Waals surface area (Å²) in [5.74, 6) is -0.687. The number of thioether (sulfide) groups is 1. The molecule has 1 heterocycles. The molecule has 28 heavy (non-hydrogen) atoms. The average Bonchev–Trinajstić information content (AvgIpc) is 2.98. The number of amides is 1. The van der Waals surface area contributed by atoms with Gasteiger partial charge >= 0.3 is 5.97 Å². The number of methoxy groups -OCH3 is 1. The first-order chi connectivity index (χ1) is 13.5. The number of phenolic OH excluding ortho intramolecular Hbond substituents is 1. The lowest BCUT2D eigenvalue weighted by Crippen LogP contribution is -2.32. The van der Waals surface area contributed by atoms with E-state index in [-0.39, 0.29) is 17.3 Å². The molecule has 0 radical (unpaired) electrons. The van der Waals surface area contributed by atoms with Crippen molar-refractivity contribution in [1.29, 1.82) is 0 Å². The molecule has 0 spiro atoms. The van der Waals surface area contributed by atoms with E-state index in [4.69, 9.17) is 9.84 Å². The van der Waals surface area contributed by atoms with Gasteiger partial charge in [-0.3, -0.25) is 14.5 Å². The van der Waals surface area contributed by atoms with Crippen LogP contribution in [0.5, 0.6) is 11.5 Å². The number of hydrogen-bond acceptors (Lipinski definition) is 7. The van der Waals surface area contributed by atoms with Gasteiger partial charge in [0.1, 0.15) is 16.7 Å². The van der Waals surface area contributed by atoms with Gasteiger partial charge in [0.25, 0.3) is 0 Å². The fourth-order valence-electron chi connectivity index (χ4n) is 2.50. The van der Waals surface area contributed by atoms with Gasteiger partial charge in [-0.2, -0.15) is 5.10 Å². The van der Waals surface area contributed by atoms with Crippen LogP contribution in [0.15, 0.2) is 58.7 Å². The number of rotatable bonds is 6. The van der Waals surface area contributed by atoms with Gasteiger partial charge in [0.2, 0.25) is 5.91 Å². The van der Waals surface area contributed by atoms with Gasteiger partial charge in [-0.15, -0.1) is 5.10 Å². The Morgan fingerprint density at radius 3 is 2.50 bits per heavy atom. The van der Waals surface area contributed by atoms with Crippen molar-refractivity contribution < 1.29 is 24.5 Å². The minimum Gasteiger partial charge on any atom is -0.508 e. The summed E-state index contributed by atoms with van der Waals surface area (Å²) in [5.41, 5.74) is 1.26. The molecule has 1 atom stereocenters. The molecule has 0 saturated carbocycles. The number of carboxylic acids is 1. The topological polar surface area (TPSA) is 112 Å². The van der Waals surface area contributed by atoms with Crippen LogP contribution in [0.3, 0.4) is 0 Å². The van der Waals surface area contributed by atoms with Crippen LogP contribution in [0, 0.1) is 0 Å². The molecular weight excluding hydrogens is 382 g/mol. The van der Waals surface area contributed by atoms with Gasteiger partial charge in [0, 0.05) is 0 Å². The molecule has 1 amide bonds. The molecule has 0 aliphatic carbocycles. The highest BCUT2D eigenvalue weighted by molar-refractivity contribution is 8.16. The highest BCUT2D eigenvalue weighted by Gasteiger charge is 2.40. The highest BCUT2D eigenvalue weighted by Crippen LogP contribution is 2.34. The number of hydrogen-bond donors (Lipinski definition) is 2. The summed E-state index contributed by atoms with van der Waals surface area (Å²) in [4.78, 5) is 25.0. The molecular formula is C19H17N3O5S. The maximum atomic E-state index is 12.7. The van der Waals surface area contributed by atoms with Crippen LogP contribution < -0.4 is 9.64 Å². The third-order valence-corrected chi connectivity index (χ3v) is 5.00. The molecule has 9 heteroatoms. The van der Waals surface area contributed by atoms with Crippen molar-refractivity contribution in [3.8, 4) is 11.5 Å². The van der Waals surface area contributed by atoms with E-state index in [0.29, 0.717) is 5.69 Å². The van der Waals surface area contributed by atoms with E-state index in [1.165, 1.54) is 23.2 Å². The van der Waals surface area contributed by atoms with E-state index in [1.54, 1.807) is 43.5 Å². The number of carbonyl (C=O) groups excluding carboxylic acids is 1. The summed E-state index contributed by atoms with van der Waals surface area (Å²) in [6.07, 6.45) is 1.20.